The zero-order valence-corrected chi connectivity index (χ0v) is 12.3. The van der Waals surface area contributed by atoms with E-state index in [1.54, 1.807) is 0 Å². The smallest absolute Gasteiger partial charge is 0.367 e. The lowest BCUT2D eigenvalue weighted by Gasteiger charge is -2.29. The summed E-state index contributed by atoms with van der Waals surface area (Å²) in [7, 11) is -3.12. The predicted octanol–water partition coefficient (Wildman–Crippen LogP) is 2.87. The third-order valence-electron chi connectivity index (χ3n) is 3.62. The minimum absolute atomic E-state index is 0.129. The lowest BCUT2D eigenvalue weighted by Crippen LogP contribution is -2.34. The molecular weight excluding hydrogens is 305 g/mol. The van der Waals surface area contributed by atoms with Crippen molar-refractivity contribution in [3.8, 4) is 0 Å². The minimum Gasteiger partial charge on any atom is -0.367 e. The van der Waals surface area contributed by atoms with E-state index in [2.05, 4.69) is 10.3 Å². The molecule has 21 heavy (non-hydrogen) atoms. The van der Waals surface area contributed by atoms with Gasteiger partial charge in [0, 0.05) is 12.3 Å². The molecule has 1 aromatic heterocycles. The number of sulfone groups is 1. The van der Waals surface area contributed by atoms with Crippen LogP contribution < -0.4 is 5.32 Å². The van der Waals surface area contributed by atoms with Gasteiger partial charge in [0.2, 0.25) is 0 Å². The van der Waals surface area contributed by atoms with Gasteiger partial charge in [-0.2, -0.15) is 13.2 Å². The van der Waals surface area contributed by atoms with Crippen LogP contribution in [0.3, 0.4) is 0 Å². The Morgan fingerprint density at radius 2 is 2.00 bits per heavy atom. The maximum Gasteiger partial charge on any atom is 0.433 e. The summed E-state index contributed by atoms with van der Waals surface area (Å²) >= 11 is 0. The van der Waals surface area contributed by atoms with Crippen molar-refractivity contribution in [1.82, 2.24) is 4.98 Å². The normalized spacial score (nSPS) is 23.8. The van der Waals surface area contributed by atoms with Gasteiger partial charge in [0.05, 0.1) is 5.25 Å². The van der Waals surface area contributed by atoms with E-state index >= 15 is 0 Å². The van der Waals surface area contributed by atoms with Crippen LogP contribution in [-0.2, 0) is 16.0 Å². The van der Waals surface area contributed by atoms with Crippen molar-refractivity contribution in [2.45, 2.75) is 43.2 Å². The molecule has 0 amide bonds. The lowest BCUT2D eigenvalue weighted by atomic mass is 9.95. The van der Waals surface area contributed by atoms with Gasteiger partial charge < -0.3 is 5.32 Å². The molecule has 0 spiro atoms. The van der Waals surface area contributed by atoms with Gasteiger partial charge in [-0.15, -0.1) is 0 Å². The molecule has 1 saturated carbocycles. The Labute approximate surface area is 121 Å². The van der Waals surface area contributed by atoms with Crippen molar-refractivity contribution in [2.75, 3.05) is 11.6 Å². The van der Waals surface area contributed by atoms with E-state index in [0.717, 1.165) is 18.9 Å². The second kappa shape index (κ2) is 5.82. The van der Waals surface area contributed by atoms with Crippen LogP contribution in [0.1, 0.15) is 31.4 Å². The zero-order chi connectivity index (χ0) is 15.7. The number of aromatic nitrogens is 1. The molecule has 0 aromatic carbocycles. The monoisotopic (exact) mass is 322 g/mol. The summed E-state index contributed by atoms with van der Waals surface area (Å²) < 4.78 is 60.9. The van der Waals surface area contributed by atoms with Crippen LogP contribution in [0.15, 0.2) is 18.2 Å². The first-order chi connectivity index (χ1) is 9.66. The van der Waals surface area contributed by atoms with Crippen LogP contribution in [-0.4, -0.2) is 30.9 Å². The molecule has 4 nitrogen and oxygen atoms in total. The minimum atomic E-state index is -4.49. The van der Waals surface area contributed by atoms with Crippen LogP contribution in [0.25, 0.3) is 0 Å². The van der Waals surface area contributed by atoms with Gasteiger partial charge in [-0.05, 0) is 31.4 Å². The molecular formula is C13H17F3N2O2S. The van der Waals surface area contributed by atoms with Gasteiger partial charge in [0.25, 0.3) is 0 Å². The van der Waals surface area contributed by atoms with E-state index < -0.39 is 27.0 Å². The van der Waals surface area contributed by atoms with Crippen molar-refractivity contribution in [3.05, 3.63) is 23.9 Å². The summed E-state index contributed by atoms with van der Waals surface area (Å²) in [5.41, 5.74) is -0.956. The maximum absolute atomic E-state index is 12.6. The number of anilines is 1. The Balaban J connectivity index is 2.08. The second-order valence-corrected chi connectivity index (χ2v) is 7.69. The SMILES string of the molecule is CS(=O)(=O)C1CCCC(Nc2cccc(C(F)(F)F)n2)C1. The van der Waals surface area contributed by atoms with Crippen LogP contribution in [0.5, 0.6) is 0 Å². The standard InChI is InChI=1S/C13H17F3N2O2S/c1-21(19,20)10-5-2-4-9(8-10)17-12-7-3-6-11(18-12)13(14,15)16/h3,6-7,9-10H,2,4-5,8H2,1H3,(H,17,18). The summed E-state index contributed by atoms with van der Waals surface area (Å²) in [5.74, 6) is 0.129. The molecule has 1 heterocycles. The molecule has 1 aliphatic carbocycles. The molecule has 0 radical (unpaired) electrons. The highest BCUT2D eigenvalue weighted by Crippen LogP contribution is 2.29. The molecule has 1 fully saturated rings. The molecule has 1 aromatic rings. The second-order valence-electron chi connectivity index (χ2n) is 5.37. The predicted molar refractivity (Wildman–Crippen MR) is 73.7 cm³/mol. The van der Waals surface area contributed by atoms with Gasteiger partial charge in [-0.1, -0.05) is 12.5 Å². The summed E-state index contributed by atoms with van der Waals surface area (Å²) in [6.45, 7) is 0. The van der Waals surface area contributed by atoms with Gasteiger partial charge >= 0.3 is 6.18 Å². The van der Waals surface area contributed by atoms with E-state index in [0.29, 0.717) is 12.8 Å². The molecule has 8 heteroatoms. The first-order valence-corrected chi connectivity index (χ1v) is 8.61. The van der Waals surface area contributed by atoms with Crippen LogP contribution in [0.2, 0.25) is 0 Å². The number of rotatable bonds is 3. The number of hydrogen-bond donors (Lipinski definition) is 1. The number of pyridine rings is 1. The first-order valence-electron chi connectivity index (χ1n) is 6.66. The molecule has 0 saturated heterocycles. The van der Waals surface area contributed by atoms with E-state index in [1.807, 2.05) is 0 Å². The fourth-order valence-corrected chi connectivity index (χ4v) is 3.72. The zero-order valence-electron chi connectivity index (χ0n) is 11.5. The Kier molecular flexibility index (Phi) is 4.46. The van der Waals surface area contributed by atoms with Crippen molar-refractivity contribution in [1.29, 1.82) is 0 Å². The fraction of sp³-hybridized carbons (Fsp3) is 0.615. The van der Waals surface area contributed by atoms with E-state index in [9.17, 15) is 21.6 Å². The average molecular weight is 322 g/mol. The van der Waals surface area contributed by atoms with Gasteiger partial charge in [0.1, 0.15) is 21.3 Å². The fourth-order valence-electron chi connectivity index (χ4n) is 2.55. The molecule has 1 N–H and O–H groups in total. The molecule has 2 rings (SSSR count). The van der Waals surface area contributed by atoms with Crippen molar-refractivity contribution < 1.29 is 21.6 Å². The third kappa shape index (κ3) is 4.33. The maximum atomic E-state index is 12.6. The number of hydrogen-bond acceptors (Lipinski definition) is 4. The van der Waals surface area contributed by atoms with E-state index in [1.165, 1.54) is 18.4 Å². The van der Waals surface area contributed by atoms with Crippen LogP contribution in [0, 0.1) is 0 Å². The van der Waals surface area contributed by atoms with Crippen LogP contribution in [0.4, 0.5) is 19.0 Å². The largest absolute Gasteiger partial charge is 0.433 e. The number of alkyl halides is 3. The Morgan fingerprint density at radius 3 is 2.62 bits per heavy atom. The van der Waals surface area contributed by atoms with Gasteiger partial charge in [-0.3, -0.25) is 0 Å². The Hall–Kier alpha value is -1.31. The van der Waals surface area contributed by atoms with Crippen LogP contribution >= 0.6 is 0 Å². The highest BCUT2D eigenvalue weighted by atomic mass is 32.2. The molecule has 2 atom stereocenters. The highest BCUT2D eigenvalue weighted by Gasteiger charge is 2.33. The summed E-state index contributed by atoms with van der Waals surface area (Å²) in [5, 5.41) is 2.48. The third-order valence-corrected chi connectivity index (χ3v) is 5.26. The highest BCUT2D eigenvalue weighted by molar-refractivity contribution is 7.91. The number of nitrogens with one attached hydrogen (secondary N) is 1. The van der Waals surface area contributed by atoms with Crippen molar-refractivity contribution in [3.63, 3.8) is 0 Å². The summed E-state index contributed by atoms with van der Waals surface area (Å²) in [6, 6.07) is 3.48. The van der Waals surface area contributed by atoms with E-state index in [-0.39, 0.29) is 11.9 Å². The van der Waals surface area contributed by atoms with Crippen molar-refractivity contribution >= 4 is 15.7 Å². The average Bonchev–Trinajstić information content (AvgIpc) is 2.37. The summed E-state index contributed by atoms with van der Waals surface area (Å²) in [6.07, 6.45) is -0.829. The van der Waals surface area contributed by atoms with Crippen molar-refractivity contribution in [2.24, 2.45) is 0 Å². The molecule has 118 valence electrons. The topological polar surface area (TPSA) is 59.1 Å². The Morgan fingerprint density at radius 1 is 1.29 bits per heavy atom. The Bertz CT molecular complexity index is 602. The molecule has 1 aliphatic rings. The lowest BCUT2D eigenvalue weighted by molar-refractivity contribution is -0.141. The van der Waals surface area contributed by atoms with E-state index in [4.69, 9.17) is 0 Å². The summed E-state index contributed by atoms with van der Waals surface area (Å²) in [4.78, 5) is 3.54. The molecule has 0 aliphatic heterocycles. The first kappa shape index (κ1) is 16.1. The number of halogens is 3. The molecule has 2 unspecified atom stereocenters. The van der Waals surface area contributed by atoms with Gasteiger partial charge in [0.15, 0.2) is 0 Å². The quantitative estimate of drug-likeness (QED) is 0.929. The van der Waals surface area contributed by atoms with Gasteiger partial charge in [-0.25, -0.2) is 13.4 Å². The molecule has 0 bridgehead atoms. The number of nitrogens with zero attached hydrogens (tertiary/aromatic N) is 1.